The molecule has 11 heteroatoms. The van der Waals surface area contributed by atoms with Gasteiger partial charge in [0.25, 0.3) is 5.91 Å². The molecule has 1 aromatic carbocycles. The van der Waals surface area contributed by atoms with E-state index in [9.17, 15) is 13.8 Å². The Kier molecular flexibility index (Phi) is 8.94. The van der Waals surface area contributed by atoms with E-state index in [0.29, 0.717) is 22.3 Å². The van der Waals surface area contributed by atoms with Crippen molar-refractivity contribution in [3.05, 3.63) is 53.2 Å². The SMILES string of the molecule is CC.CC(C)Oc1cc(Oc2ccc(S(=O)C3CC3)nc2)cc(C(=O)Nc2nc(C(=O)O)cs2)c1. The first-order valence-electron chi connectivity index (χ1n) is 11.1. The second kappa shape index (κ2) is 11.9. The number of rotatable bonds is 9. The van der Waals surface area contributed by atoms with E-state index in [1.165, 1.54) is 17.6 Å². The monoisotopic (exact) mass is 517 g/mol. The van der Waals surface area contributed by atoms with Crippen LogP contribution in [0.1, 0.15) is 61.4 Å². The van der Waals surface area contributed by atoms with Crippen molar-refractivity contribution < 1.29 is 28.4 Å². The maximum absolute atomic E-state index is 12.8. The molecule has 0 bridgehead atoms. The van der Waals surface area contributed by atoms with Crippen molar-refractivity contribution >= 4 is 39.1 Å². The van der Waals surface area contributed by atoms with Crippen LogP contribution in [0.2, 0.25) is 0 Å². The van der Waals surface area contributed by atoms with Crippen molar-refractivity contribution in [3.63, 3.8) is 0 Å². The van der Waals surface area contributed by atoms with E-state index in [1.54, 1.807) is 24.3 Å². The minimum absolute atomic E-state index is 0.133. The number of benzene rings is 1. The average molecular weight is 518 g/mol. The molecule has 4 rings (SSSR count). The number of nitrogens with zero attached hydrogens (tertiary/aromatic N) is 2. The van der Waals surface area contributed by atoms with Gasteiger partial charge in [-0.25, -0.2) is 14.8 Å². The standard InChI is InChI=1S/C22H21N3O6S2.C2H6/c1-12(2)30-15-7-13(20(26)25-22-24-18(11-32-22)21(27)28)8-16(9-15)31-14-3-6-19(23-10-14)33(29)17-4-5-17;1-2/h3,6-12,17H,4-5H2,1-2H3,(H,27,28)(H,24,25,26);1-2H3. The third-order valence-electron chi connectivity index (χ3n) is 4.44. The molecule has 1 unspecified atom stereocenters. The highest BCUT2D eigenvalue weighted by atomic mass is 32.2. The van der Waals surface area contributed by atoms with Gasteiger partial charge in [-0.15, -0.1) is 11.3 Å². The first-order valence-corrected chi connectivity index (χ1v) is 13.2. The number of carboxylic acid groups (broad SMARTS) is 1. The van der Waals surface area contributed by atoms with Gasteiger partial charge in [0, 0.05) is 22.3 Å². The Balaban J connectivity index is 0.00000167. The number of carbonyl (C=O) groups excluding carboxylic acids is 1. The number of carbonyl (C=O) groups is 2. The number of hydrogen-bond acceptors (Lipinski definition) is 8. The number of nitrogens with one attached hydrogen (secondary N) is 1. The van der Waals surface area contributed by atoms with Crippen molar-refractivity contribution in [2.45, 2.75) is 56.9 Å². The summed E-state index contributed by atoms with van der Waals surface area (Å²) in [5, 5.41) is 13.8. The predicted molar refractivity (Wildman–Crippen MR) is 134 cm³/mol. The lowest BCUT2D eigenvalue weighted by atomic mass is 10.2. The first-order chi connectivity index (χ1) is 16.8. The smallest absolute Gasteiger partial charge is 0.355 e. The molecule has 3 aromatic rings. The predicted octanol–water partition coefficient (Wildman–Crippen LogP) is 5.36. The highest BCUT2D eigenvalue weighted by molar-refractivity contribution is 7.85. The molecule has 1 atom stereocenters. The normalized spacial score (nSPS) is 13.4. The summed E-state index contributed by atoms with van der Waals surface area (Å²) in [4.78, 5) is 31.9. The summed E-state index contributed by atoms with van der Waals surface area (Å²) < 4.78 is 23.9. The second-order valence-electron chi connectivity index (χ2n) is 7.59. The van der Waals surface area contributed by atoms with Crippen LogP contribution in [-0.4, -0.2) is 42.5 Å². The maximum Gasteiger partial charge on any atom is 0.355 e. The van der Waals surface area contributed by atoms with Gasteiger partial charge in [0.1, 0.15) is 22.3 Å². The number of amides is 1. The summed E-state index contributed by atoms with van der Waals surface area (Å²) >= 11 is 1.01. The van der Waals surface area contributed by atoms with Crippen molar-refractivity contribution in [2.75, 3.05) is 5.32 Å². The first kappa shape index (κ1) is 26.3. The van der Waals surface area contributed by atoms with Gasteiger partial charge in [-0.05, 0) is 51.0 Å². The Morgan fingerprint density at radius 1 is 1.14 bits per heavy atom. The number of hydrogen-bond donors (Lipinski definition) is 2. The molecule has 1 saturated carbocycles. The lowest BCUT2D eigenvalue weighted by Crippen LogP contribution is -2.13. The lowest BCUT2D eigenvalue weighted by molar-refractivity contribution is 0.0691. The molecule has 35 heavy (non-hydrogen) atoms. The molecule has 0 spiro atoms. The Bertz CT molecular complexity index is 1210. The number of anilines is 1. The molecule has 2 N–H and O–H groups in total. The van der Waals surface area contributed by atoms with Crippen LogP contribution in [0.15, 0.2) is 46.9 Å². The molecule has 2 aromatic heterocycles. The number of pyridine rings is 1. The molecule has 1 aliphatic rings. The summed E-state index contributed by atoms with van der Waals surface area (Å²) in [6.45, 7) is 7.72. The minimum atomic E-state index is -1.17. The van der Waals surface area contributed by atoms with Gasteiger partial charge in [0.2, 0.25) is 0 Å². The molecule has 0 aliphatic heterocycles. The van der Waals surface area contributed by atoms with E-state index in [2.05, 4.69) is 15.3 Å². The molecule has 2 heterocycles. The molecule has 0 saturated heterocycles. The van der Waals surface area contributed by atoms with Crippen LogP contribution in [0.3, 0.4) is 0 Å². The number of carboxylic acids is 1. The van der Waals surface area contributed by atoms with E-state index in [4.69, 9.17) is 14.6 Å². The van der Waals surface area contributed by atoms with Gasteiger partial charge in [-0.1, -0.05) is 13.8 Å². The van der Waals surface area contributed by atoms with Gasteiger partial charge >= 0.3 is 5.97 Å². The minimum Gasteiger partial charge on any atom is -0.491 e. The Morgan fingerprint density at radius 3 is 2.43 bits per heavy atom. The van der Waals surface area contributed by atoms with E-state index >= 15 is 0 Å². The molecule has 1 amide bonds. The van der Waals surface area contributed by atoms with Crippen molar-refractivity contribution in [3.8, 4) is 17.2 Å². The highest BCUT2D eigenvalue weighted by Gasteiger charge is 2.30. The number of ether oxygens (including phenoxy) is 2. The quantitative estimate of drug-likeness (QED) is 0.388. The zero-order valence-corrected chi connectivity index (χ0v) is 21.4. The van der Waals surface area contributed by atoms with Crippen LogP contribution < -0.4 is 14.8 Å². The number of aromatic carboxylic acids is 1. The van der Waals surface area contributed by atoms with Crippen molar-refractivity contribution in [1.82, 2.24) is 9.97 Å². The molecule has 9 nitrogen and oxygen atoms in total. The molecule has 1 aliphatic carbocycles. The highest BCUT2D eigenvalue weighted by Crippen LogP contribution is 2.31. The summed E-state index contributed by atoms with van der Waals surface area (Å²) in [5.41, 5.74) is 0.101. The van der Waals surface area contributed by atoms with Crippen LogP contribution in [0.25, 0.3) is 0 Å². The van der Waals surface area contributed by atoms with Crippen LogP contribution in [0.4, 0.5) is 5.13 Å². The molecule has 1 fully saturated rings. The molecule has 186 valence electrons. The third kappa shape index (κ3) is 7.33. The van der Waals surface area contributed by atoms with Gasteiger partial charge in [-0.3, -0.25) is 14.3 Å². The summed E-state index contributed by atoms with van der Waals surface area (Å²) in [6.07, 6.45) is 3.28. The Hall–Kier alpha value is -3.31. The Morgan fingerprint density at radius 2 is 1.86 bits per heavy atom. The van der Waals surface area contributed by atoms with Crippen LogP contribution in [-0.2, 0) is 10.8 Å². The van der Waals surface area contributed by atoms with Gasteiger partial charge in [0.15, 0.2) is 10.8 Å². The second-order valence-corrected chi connectivity index (χ2v) is 10.1. The van der Waals surface area contributed by atoms with E-state index in [0.717, 1.165) is 24.2 Å². The third-order valence-corrected chi connectivity index (χ3v) is 6.92. The maximum atomic E-state index is 12.8. The zero-order valence-electron chi connectivity index (χ0n) is 19.8. The number of thiazole rings is 1. The lowest BCUT2D eigenvalue weighted by Gasteiger charge is -2.14. The van der Waals surface area contributed by atoms with Crippen molar-refractivity contribution in [2.24, 2.45) is 0 Å². The fourth-order valence-corrected chi connectivity index (χ4v) is 4.78. The van der Waals surface area contributed by atoms with E-state index < -0.39 is 22.7 Å². The van der Waals surface area contributed by atoms with Gasteiger partial charge < -0.3 is 14.6 Å². The van der Waals surface area contributed by atoms with Crippen LogP contribution in [0, 0.1) is 0 Å². The van der Waals surface area contributed by atoms with E-state index in [1.807, 2.05) is 27.7 Å². The van der Waals surface area contributed by atoms with Crippen LogP contribution >= 0.6 is 11.3 Å². The molecular weight excluding hydrogens is 490 g/mol. The summed E-state index contributed by atoms with van der Waals surface area (Å²) in [7, 11) is -1.10. The van der Waals surface area contributed by atoms with E-state index in [-0.39, 0.29) is 27.7 Å². The van der Waals surface area contributed by atoms with Gasteiger partial charge in [-0.2, -0.15) is 0 Å². The topological polar surface area (TPSA) is 128 Å². The summed E-state index contributed by atoms with van der Waals surface area (Å²) in [6, 6.07) is 8.10. The zero-order chi connectivity index (χ0) is 25.5. The fraction of sp³-hybridized carbons (Fsp3) is 0.333. The average Bonchev–Trinajstić information content (AvgIpc) is 3.58. The van der Waals surface area contributed by atoms with Crippen LogP contribution in [0.5, 0.6) is 17.2 Å². The Labute approximate surface area is 210 Å². The number of aromatic nitrogens is 2. The molecule has 0 radical (unpaired) electrons. The fourth-order valence-electron chi connectivity index (χ4n) is 2.84. The largest absolute Gasteiger partial charge is 0.491 e. The summed E-state index contributed by atoms with van der Waals surface area (Å²) in [5.74, 6) is -0.464. The molecular formula is C24H27N3O6S2. The van der Waals surface area contributed by atoms with Gasteiger partial charge in [0.05, 0.1) is 23.1 Å². The van der Waals surface area contributed by atoms with Crippen molar-refractivity contribution in [1.29, 1.82) is 0 Å².